The molecule has 0 aliphatic heterocycles. The van der Waals surface area contributed by atoms with Crippen molar-refractivity contribution < 1.29 is 10.2 Å². The first-order valence-electron chi connectivity index (χ1n) is 5.39. The average Bonchev–Trinajstić information content (AvgIpc) is 2.41. The van der Waals surface area contributed by atoms with E-state index in [4.69, 9.17) is 0 Å². The second kappa shape index (κ2) is 5.63. The Morgan fingerprint density at radius 3 is 1.56 bits per heavy atom. The molecule has 90 valence electrons. The van der Waals surface area contributed by atoms with Gasteiger partial charge in [0, 0.05) is 24.5 Å². The van der Waals surface area contributed by atoms with Gasteiger partial charge in [-0.3, -0.25) is 9.97 Å². The Hall–Kier alpha value is -2.62. The lowest BCUT2D eigenvalue weighted by Crippen LogP contribution is -1.89. The van der Waals surface area contributed by atoms with Gasteiger partial charge in [0.15, 0.2) is 11.5 Å². The van der Waals surface area contributed by atoms with Crippen LogP contribution in [0.2, 0.25) is 0 Å². The Kier molecular flexibility index (Phi) is 3.71. The second-order valence-electron chi connectivity index (χ2n) is 3.57. The van der Waals surface area contributed by atoms with Crippen LogP contribution in [0.25, 0.3) is 12.2 Å². The molecule has 2 heterocycles. The van der Waals surface area contributed by atoms with Crippen molar-refractivity contribution in [1.82, 2.24) is 9.97 Å². The Labute approximate surface area is 105 Å². The topological polar surface area (TPSA) is 66.2 Å². The van der Waals surface area contributed by atoms with Crippen molar-refractivity contribution in [2.75, 3.05) is 0 Å². The van der Waals surface area contributed by atoms with Crippen molar-refractivity contribution in [3.8, 4) is 0 Å². The van der Waals surface area contributed by atoms with Gasteiger partial charge in [0.1, 0.15) is 0 Å². The van der Waals surface area contributed by atoms with Gasteiger partial charge in [-0.2, -0.15) is 0 Å². The van der Waals surface area contributed by atoms with E-state index in [0.717, 1.165) is 0 Å². The van der Waals surface area contributed by atoms with Crippen LogP contribution < -0.4 is 0 Å². The third-order valence-electron chi connectivity index (χ3n) is 2.21. The number of hydrogen-bond donors (Lipinski definition) is 2. The Morgan fingerprint density at radius 2 is 1.22 bits per heavy atom. The first-order valence-corrected chi connectivity index (χ1v) is 5.39. The van der Waals surface area contributed by atoms with Gasteiger partial charge in [-0.15, -0.1) is 0 Å². The zero-order valence-corrected chi connectivity index (χ0v) is 9.56. The van der Waals surface area contributed by atoms with Gasteiger partial charge in [-0.05, 0) is 24.3 Å². The minimum absolute atomic E-state index is 0.251. The van der Waals surface area contributed by atoms with E-state index in [9.17, 15) is 10.2 Å². The highest BCUT2D eigenvalue weighted by Gasteiger charge is 2.01. The van der Waals surface area contributed by atoms with Crippen molar-refractivity contribution in [3.63, 3.8) is 0 Å². The summed E-state index contributed by atoms with van der Waals surface area (Å²) in [4.78, 5) is 8.04. The third-order valence-corrected chi connectivity index (χ3v) is 2.21. The van der Waals surface area contributed by atoms with Gasteiger partial charge >= 0.3 is 0 Å². The van der Waals surface area contributed by atoms with Crippen molar-refractivity contribution in [2.45, 2.75) is 0 Å². The molecule has 0 amide bonds. The summed E-state index contributed by atoms with van der Waals surface area (Å²) < 4.78 is 0. The molecule has 0 fully saturated rings. The fourth-order valence-electron chi connectivity index (χ4n) is 1.35. The maximum absolute atomic E-state index is 9.71. The van der Waals surface area contributed by atoms with Crippen LogP contribution in [0.1, 0.15) is 11.4 Å². The summed E-state index contributed by atoms with van der Waals surface area (Å²) in [6.07, 6.45) is 5.99. The molecule has 2 rings (SSSR count). The normalized spacial score (nSPS) is 12.4. The summed E-state index contributed by atoms with van der Waals surface area (Å²) in [6, 6.07) is 10.6. The van der Waals surface area contributed by atoms with E-state index in [1.54, 1.807) is 48.8 Å². The monoisotopic (exact) mass is 240 g/mol. The number of aromatic nitrogens is 2. The van der Waals surface area contributed by atoms with Gasteiger partial charge in [0.05, 0.1) is 11.4 Å². The van der Waals surface area contributed by atoms with Crippen LogP contribution in [-0.4, -0.2) is 20.2 Å². The standard InChI is InChI=1S/C14H12N2O2/c17-13(9-11-5-1-3-7-15-11)14(18)10-12-6-2-4-8-16-12/h1-10,17-18H/b13-9-,14-10-. The molecule has 0 saturated carbocycles. The molecule has 18 heavy (non-hydrogen) atoms. The molecule has 4 heteroatoms. The first kappa shape index (κ1) is 11.9. The Bertz CT molecular complexity index is 509. The average molecular weight is 240 g/mol. The summed E-state index contributed by atoms with van der Waals surface area (Å²) >= 11 is 0. The summed E-state index contributed by atoms with van der Waals surface area (Å²) in [6.45, 7) is 0. The molecule has 0 spiro atoms. The van der Waals surface area contributed by atoms with Gasteiger partial charge in [-0.25, -0.2) is 0 Å². The molecule has 0 aromatic carbocycles. The van der Waals surface area contributed by atoms with Crippen molar-refractivity contribution >= 4 is 12.2 Å². The number of hydrogen-bond acceptors (Lipinski definition) is 4. The predicted octanol–water partition coefficient (Wildman–Crippen LogP) is 2.97. The summed E-state index contributed by atoms with van der Waals surface area (Å²) in [7, 11) is 0. The van der Waals surface area contributed by atoms with E-state index in [1.165, 1.54) is 12.2 Å². The highest BCUT2D eigenvalue weighted by molar-refractivity contribution is 5.58. The van der Waals surface area contributed by atoms with Crippen LogP contribution in [0.4, 0.5) is 0 Å². The van der Waals surface area contributed by atoms with Gasteiger partial charge in [0.2, 0.25) is 0 Å². The van der Waals surface area contributed by atoms with Gasteiger partial charge in [-0.1, -0.05) is 12.1 Å². The largest absolute Gasteiger partial charge is 0.504 e. The van der Waals surface area contributed by atoms with E-state index in [-0.39, 0.29) is 11.5 Å². The molecule has 0 aliphatic carbocycles. The highest BCUT2D eigenvalue weighted by Crippen LogP contribution is 2.11. The molecular formula is C14H12N2O2. The lowest BCUT2D eigenvalue weighted by molar-refractivity contribution is 0.334. The van der Waals surface area contributed by atoms with E-state index >= 15 is 0 Å². The number of nitrogens with zero attached hydrogens (tertiary/aromatic N) is 2. The van der Waals surface area contributed by atoms with Crippen LogP contribution in [0, 0.1) is 0 Å². The molecule has 0 radical (unpaired) electrons. The SMILES string of the molecule is OC(=C\c1ccccn1)/C(O)=C/c1ccccn1. The summed E-state index contributed by atoms with van der Waals surface area (Å²) in [5.41, 5.74) is 1.13. The molecule has 2 aromatic heterocycles. The molecule has 0 aliphatic rings. The molecule has 2 aromatic rings. The van der Waals surface area contributed by atoms with E-state index < -0.39 is 0 Å². The zero-order chi connectivity index (χ0) is 12.8. The first-order chi connectivity index (χ1) is 8.75. The fourth-order valence-corrected chi connectivity index (χ4v) is 1.35. The lowest BCUT2D eigenvalue weighted by atomic mass is 10.2. The molecule has 2 N–H and O–H groups in total. The number of pyridine rings is 2. The highest BCUT2D eigenvalue weighted by atomic mass is 16.3. The van der Waals surface area contributed by atoms with Gasteiger partial charge < -0.3 is 10.2 Å². The fraction of sp³-hybridized carbons (Fsp3) is 0. The maximum atomic E-state index is 9.71. The summed E-state index contributed by atoms with van der Waals surface area (Å²) in [5.74, 6) is -0.501. The molecular weight excluding hydrogens is 228 g/mol. The van der Waals surface area contributed by atoms with Crippen molar-refractivity contribution in [2.24, 2.45) is 0 Å². The number of rotatable bonds is 3. The second-order valence-corrected chi connectivity index (χ2v) is 3.57. The number of aliphatic hydroxyl groups is 2. The Morgan fingerprint density at radius 1 is 0.778 bits per heavy atom. The lowest BCUT2D eigenvalue weighted by Gasteiger charge is -1.99. The van der Waals surface area contributed by atoms with Crippen LogP contribution in [-0.2, 0) is 0 Å². The molecule has 0 saturated heterocycles. The summed E-state index contributed by atoms with van der Waals surface area (Å²) in [5, 5.41) is 19.4. The van der Waals surface area contributed by atoms with Gasteiger partial charge in [0.25, 0.3) is 0 Å². The van der Waals surface area contributed by atoms with Crippen LogP contribution >= 0.6 is 0 Å². The van der Waals surface area contributed by atoms with Crippen LogP contribution in [0.5, 0.6) is 0 Å². The Balaban J connectivity index is 2.21. The molecule has 0 atom stereocenters. The van der Waals surface area contributed by atoms with Crippen molar-refractivity contribution in [1.29, 1.82) is 0 Å². The quantitative estimate of drug-likeness (QED) is 0.639. The third kappa shape index (κ3) is 3.18. The predicted molar refractivity (Wildman–Crippen MR) is 69.7 cm³/mol. The molecule has 0 bridgehead atoms. The maximum Gasteiger partial charge on any atom is 0.159 e. The number of aliphatic hydroxyl groups excluding tert-OH is 2. The zero-order valence-electron chi connectivity index (χ0n) is 9.56. The van der Waals surface area contributed by atoms with E-state index in [2.05, 4.69) is 9.97 Å². The minimum Gasteiger partial charge on any atom is -0.504 e. The minimum atomic E-state index is -0.251. The van der Waals surface area contributed by atoms with E-state index in [1.807, 2.05) is 0 Å². The van der Waals surface area contributed by atoms with Crippen molar-refractivity contribution in [3.05, 3.63) is 71.7 Å². The molecule has 0 unspecified atom stereocenters. The smallest absolute Gasteiger partial charge is 0.159 e. The molecule has 4 nitrogen and oxygen atoms in total. The van der Waals surface area contributed by atoms with Crippen LogP contribution in [0.3, 0.4) is 0 Å². The van der Waals surface area contributed by atoms with E-state index in [0.29, 0.717) is 11.4 Å². The van der Waals surface area contributed by atoms with Crippen LogP contribution in [0.15, 0.2) is 60.3 Å².